The van der Waals surface area contributed by atoms with E-state index in [1.807, 2.05) is 11.9 Å². The van der Waals surface area contributed by atoms with Gasteiger partial charge in [-0.05, 0) is 0 Å². The first-order valence-corrected chi connectivity index (χ1v) is 3.87. The van der Waals surface area contributed by atoms with Gasteiger partial charge in [-0.25, -0.2) is 9.97 Å². The Morgan fingerprint density at radius 2 is 2.15 bits per heavy atom. The molecule has 0 aromatic carbocycles. The van der Waals surface area contributed by atoms with E-state index in [1.54, 1.807) is 6.08 Å². The maximum atomic E-state index is 10.3. The summed E-state index contributed by atoms with van der Waals surface area (Å²) in [5.74, 6) is 0.588. The molecule has 4 heteroatoms. The number of anilines is 1. The van der Waals surface area contributed by atoms with E-state index in [4.69, 9.17) is 0 Å². The van der Waals surface area contributed by atoms with E-state index >= 15 is 0 Å². The van der Waals surface area contributed by atoms with Crippen LogP contribution in [-0.4, -0.2) is 29.8 Å². The molecule has 0 fully saturated rings. The molecule has 4 nitrogen and oxygen atoms in total. The molecule has 0 unspecified atom stereocenters. The summed E-state index contributed by atoms with van der Waals surface area (Å²) in [6.45, 7) is 4.29. The summed E-state index contributed by atoms with van der Waals surface area (Å²) in [7, 11) is 1.86. The predicted octanol–water partition coefficient (Wildman–Crippen LogP) is 0.911. The van der Waals surface area contributed by atoms with E-state index in [1.165, 1.54) is 12.4 Å². The summed E-state index contributed by atoms with van der Waals surface area (Å²) >= 11 is 0. The molecule has 0 saturated heterocycles. The Balaban J connectivity index is 2.78. The lowest BCUT2D eigenvalue weighted by molar-refractivity contribution is 0.112. The first-order valence-electron chi connectivity index (χ1n) is 3.87. The fourth-order valence-corrected chi connectivity index (χ4v) is 0.864. The van der Waals surface area contributed by atoms with Crippen molar-refractivity contribution in [1.82, 2.24) is 9.97 Å². The highest BCUT2D eigenvalue weighted by Gasteiger charge is 2.00. The van der Waals surface area contributed by atoms with Gasteiger partial charge in [0, 0.05) is 26.0 Å². The molecule has 0 bridgehead atoms. The van der Waals surface area contributed by atoms with Gasteiger partial charge in [0.1, 0.15) is 0 Å². The van der Waals surface area contributed by atoms with Crippen molar-refractivity contribution in [3.63, 3.8) is 0 Å². The van der Waals surface area contributed by atoms with E-state index in [9.17, 15) is 4.79 Å². The van der Waals surface area contributed by atoms with Gasteiger partial charge in [0.2, 0.25) is 5.95 Å². The predicted molar refractivity (Wildman–Crippen MR) is 50.9 cm³/mol. The maximum Gasteiger partial charge on any atom is 0.225 e. The molecule has 68 valence electrons. The van der Waals surface area contributed by atoms with Crippen LogP contribution in [0.5, 0.6) is 0 Å². The van der Waals surface area contributed by atoms with E-state index in [-0.39, 0.29) is 0 Å². The second-order valence-electron chi connectivity index (χ2n) is 2.60. The smallest absolute Gasteiger partial charge is 0.225 e. The van der Waals surface area contributed by atoms with E-state index in [0.29, 0.717) is 18.1 Å². The van der Waals surface area contributed by atoms with Crippen LogP contribution in [0.1, 0.15) is 10.4 Å². The molecule has 0 aliphatic carbocycles. The zero-order valence-corrected chi connectivity index (χ0v) is 7.47. The Morgan fingerprint density at radius 3 is 2.62 bits per heavy atom. The Labute approximate surface area is 76.9 Å². The van der Waals surface area contributed by atoms with Crippen molar-refractivity contribution in [1.29, 1.82) is 0 Å². The third-order valence-corrected chi connectivity index (χ3v) is 1.54. The van der Waals surface area contributed by atoms with E-state index in [2.05, 4.69) is 16.5 Å². The summed E-state index contributed by atoms with van der Waals surface area (Å²) in [6, 6.07) is 0. The largest absolute Gasteiger partial charge is 0.340 e. The lowest BCUT2D eigenvalue weighted by atomic mass is 10.4. The first kappa shape index (κ1) is 9.38. The molecular weight excluding hydrogens is 166 g/mol. The second kappa shape index (κ2) is 4.35. The average Bonchev–Trinajstić information content (AvgIpc) is 2.18. The molecule has 1 heterocycles. The molecule has 0 N–H and O–H groups in total. The van der Waals surface area contributed by atoms with Crippen LogP contribution < -0.4 is 4.90 Å². The lowest BCUT2D eigenvalue weighted by Gasteiger charge is -2.13. The Morgan fingerprint density at radius 1 is 1.54 bits per heavy atom. The highest BCUT2D eigenvalue weighted by atomic mass is 16.1. The van der Waals surface area contributed by atoms with Gasteiger partial charge in [-0.1, -0.05) is 6.08 Å². The highest BCUT2D eigenvalue weighted by molar-refractivity contribution is 5.73. The molecule has 0 aliphatic rings. The van der Waals surface area contributed by atoms with Gasteiger partial charge in [0.15, 0.2) is 6.29 Å². The molecule has 13 heavy (non-hydrogen) atoms. The first-order chi connectivity index (χ1) is 6.27. The third-order valence-electron chi connectivity index (χ3n) is 1.54. The van der Waals surface area contributed by atoms with Crippen LogP contribution in [0.25, 0.3) is 0 Å². The summed E-state index contributed by atoms with van der Waals surface area (Å²) in [6.07, 6.45) is 5.47. The van der Waals surface area contributed by atoms with Crippen molar-refractivity contribution in [3.05, 3.63) is 30.6 Å². The van der Waals surface area contributed by atoms with Crippen molar-refractivity contribution < 1.29 is 4.79 Å². The topological polar surface area (TPSA) is 46.1 Å². The molecule has 1 aromatic heterocycles. The highest BCUT2D eigenvalue weighted by Crippen LogP contribution is 2.02. The van der Waals surface area contributed by atoms with Crippen molar-refractivity contribution >= 4 is 12.2 Å². The van der Waals surface area contributed by atoms with Crippen molar-refractivity contribution in [3.8, 4) is 0 Å². The van der Waals surface area contributed by atoms with Gasteiger partial charge >= 0.3 is 0 Å². The number of hydrogen-bond donors (Lipinski definition) is 0. The van der Waals surface area contributed by atoms with Gasteiger partial charge in [-0.15, -0.1) is 6.58 Å². The average molecular weight is 177 g/mol. The van der Waals surface area contributed by atoms with Crippen LogP contribution in [0.2, 0.25) is 0 Å². The molecule has 0 aliphatic heterocycles. The normalized spacial score (nSPS) is 9.31. The Hall–Kier alpha value is -1.71. The maximum absolute atomic E-state index is 10.3. The third kappa shape index (κ3) is 2.37. The minimum Gasteiger partial charge on any atom is -0.340 e. The van der Waals surface area contributed by atoms with Gasteiger partial charge in [-0.2, -0.15) is 0 Å². The Kier molecular flexibility index (Phi) is 3.14. The number of aromatic nitrogens is 2. The minimum absolute atomic E-state index is 0.482. The number of aldehydes is 1. The van der Waals surface area contributed by atoms with E-state index < -0.39 is 0 Å². The van der Waals surface area contributed by atoms with Crippen LogP contribution in [0.3, 0.4) is 0 Å². The van der Waals surface area contributed by atoms with Crippen LogP contribution in [0, 0.1) is 0 Å². The van der Waals surface area contributed by atoms with Crippen LogP contribution in [0.4, 0.5) is 5.95 Å². The fourth-order valence-electron chi connectivity index (χ4n) is 0.864. The number of hydrogen-bond acceptors (Lipinski definition) is 4. The van der Waals surface area contributed by atoms with Gasteiger partial charge < -0.3 is 4.90 Å². The second-order valence-corrected chi connectivity index (χ2v) is 2.60. The monoisotopic (exact) mass is 177 g/mol. The van der Waals surface area contributed by atoms with Crippen LogP contribution in [-0.2, 0) is 0 Å². The number of rotatable bonds is 4. The fraction of sp³-hybridized carbons (Fsp3) is 0.222. The van der Waals surface area contributed by atoms with Crippen molar-refractivity contribution in [2.24, 2.45) is 0 Å². The van der Waals surface area contributed by atoms with Crippen LogP contribution >= 0.6 is 0 Å². The zero-order chi connectivity index (χ0) is 9.68. The van der Waals surface area contributed by atoms with Gasteiger partial charge in [0.25, 0.3) is 0 Å². The summed E-state index contributed by atoms with van der Waals surface area (Å²) < 4.78 is 0. The van der Waals surface area contributed by atoms with Gasteiger partial charge in [-0.3, -0.25) is 4.79 Å². The lowest BCUT2D eigenvalue weighted by Crippen LogP contribution is -2.19. The SMILES string of the molecule is C=CCN(C)c1ncc(C=O)cn1. The number of carbonyl (C=O) groups is 1. The molecule has 0 spiro atoms. The number of likely N-dealkylation sites (N-methyl/N-ethyl adjacent to an activating group) is 1. The molecule has 0 saturated carbocycles. The molecule has 0 amide bonds. The molecule has 0 atom stereocenters. The zero-order valence-electron chi connectivity index (χ0n) is 7.47. The summed E-state index contributed by atoms with van der Waals surface area (Å²) in [5, 5.41) is 0. The van der Waals surface area contributed by atoms with Crippen LogP contribution in [0.15, 0.2) is 25.0 Å². The van der Waals surface area contributed by atoms with Gasteiger partial charge in [0.05, 0.1) is 5.56 Å². The number of nitrogens with zero attached hydrogens (tertiary/aromatic N) is 3. The molecule has 1 aromatic rings. The molecule has 0 radical (unpaired) electrons. The molecule has 1 rings (SSSR count). The van der Waals surface area contributed by atoms with Crippen molar-refractivity contribution in [2.45, 2.75) is 0 Å². The minimum atomic E-state index is 0.482. The van der Waals surface area contributed by atoms with Crippen molar-refractivity contribution in [2.75, 3.05) is 18.5 Å². The standard InChI is InChI=1S/C9H11N3O/c1-3-4-12(2)9-10-5-8(7-13)6-11-9/h3,5-7H,1,4H2,2H3. The molecular formula is C9H11N3O. The number of carbonyl (C=O) groups excluding carboxylic acids is 1. The van der Waals surface area contributed by atoms with E-state index in [0.717, 1.165) is 6.29 Å². The summed E-state index contributed by atoms with van der Waals surface area (Å²) in [4.78, 5) is 20.1. The summed E-state index contributed by atoms with van der Waals surface area (Å²) in [5.41, 5.74) is 0.482. The quantitative estimate of drug-likeness (QED) is 0.506. The Bertz CT molecular complexity index is 294.